The predicted molar refractivity (Wildman–Crippen MR) is 260 cm³/mol. The zero-order chi connectivity index (χ0) is 41.9. The summed E-state index contributed by atoms with van der Waals surface area (Å²) in [5, 5.41) is 6.21. The van der Waals surface area contributed by atoms with Crippen molar-refractivity contribution in [2.24, 2.45) is 0 Å². The van der Waals surface area contributed by atoms with Crippen LogP contribution in [0.15, 0.2) is 144 Å². The first-order valence-electron chi connectivity index (χ1n) is 21.9. The molecule has 2 aliphatic rings. The maximum absolute atomic E-state index is 7.35. The smallest absolute Gasteiger partial charge is 0.375 e. The van der Waals surface area contributed by atoms with E-state index in [-0.39, 0.29) is 23.1 Å². The zero-order valence-electron chi connectivity index (χ0n) is 36.6. The van der Waals surface area contributed by atoms with Gasteiger partial charge in [-0.15, -0.1) is 0 Å². The maximum Gasteiger partial charge on any atom is 0.375 e. The molecule has 0 bridgehead atoms. The summed E-state index contributed by atoms with van der Waals surface area (Å²) in [5.41, 5.74) is 19.1. The molecule has 0 spiro atoms. The van der Waals surface area contributed by atoms with Crippen LogP contribution < -0.4 is 16.0 Å². The molecule has 7 aromatic carbocycles. The number of furan rings is 1. The lowest BCUT2D eigenvalue weighted by Gasteiger charge is -2.40. The Kier molecular flexibility index (Phi) is 7.22. The van der Waals surface area contributed by atoms with Gasteiger partial charge in [0.15, 0.2) is 0 Å². The lowest BCUT2D eigenvalue weighted by Crippen LogP contribution is -2.56. The Morgan fingerprint density at radius 2 is 1.13 bits per heavy atom. The lowest BCUT2D eigenvalue weighted by molar-refractivity contribution is 0.590. The summed E-state index contributed by atoms with van der Waals surface area (Å²) < 4.78 is 12.5. The minimum atomic E-state index is -0.195. The normalized spacial score (nSPS) is 13.9. The summed E-state index contributed by atoms with van der Waals surface area (Å²) in [6.07, 6.45) is 0. The highest BCUT2D eigenvalue weighted by molar-refractivity contribution is 6.89. The van der Waals surface area contributed by atoms with Crippen molar-refractivity contribution in [1.82, 2.24) is 9.05 Å². The molecule has 0 saturated heterocycles. The summed E-state index contributed by atoms with van der Waals surface area (Å²) in [6, 6.07) is 52.6. The fraction of sp³-hybridized carbons (Fsp3) is 0.214. The van der Waals surface area contributed by atoms with E-state index in [0.717, 1.165) is 33.7 Å². The molecule has 2 aliphatic heterocycles. The van der Waals surface area contributed by atoms with Gasteiger partial charge in [0, 0.05) is 60.6 Å². The van der Waals surface area contributed by atoms with E-state index in [2.05, 4.69) is 216 Å². The van der Waals surface area contributed by atoms with E-state index in [0.29, 0.717) is 0 Å². The third-order valence-electron chi connectivity index (χ3n) is 13.7. The molecule has 0 N–H and O–H groups in total. The van der Waals surface area contributed by atoms with E-state index < -0.39 is 0 Å². The number of hydrogen-bond donors (Lipinski definition) is 0. The summed E-state index contributed by atoms with van der Waals surface area (Å²) >= 11 is 0. The van der Waals surface area contributed by atoms with Gasteiger partial charge in [0.2, 0.25) is 0 Å². The highest BCUT2D eigenvalue weighted by Gasteiger charge is 2.47. The molecule has 12 rings (SSSR count). The van der Waals surface area contributed by atoms with Crippen LogP contribution in [-0.2, 0) is 16.2 Å². The van der Waals surface area contributed by atoms with E-state index in [9.17, 15) is 0 Å². The molecular weight excluding hydrogens is 741 g/mol. The molecular formula is C56H50BN3O. The highest BCUT2D eigenvalue weighted by atomic mass is 16.3. The van der Waals surface area contributed by atoms with Gasteiger partial charge < -0.3 is 18.4 Å². The topological polar surface area (TPSA) is 26.2 Å². The number of fused-ring (bicyclic) bond motifs is 13. The minimum Gasteiger partial charge on any atom is -0.466 e. The van der Waals surface area contributed by atoms with Crippen LogP contribution in [0.2, 0.25) is 0 Å². The molecule has 10 aromatic rings. The van der Waals surface area contributed by atoms with Gasteiger partial charge in [0.05, 0.1) is 16.7 Å². The molecule has 5 heterocycles. The predicted octanol–water partition coefficient (Wildman–Crippen LogP) is 13.9. The van der Waals surface area contributed by atoms with Crippen LogP contribution in [0.1, 0.15) is 79.0 Å². The van der Waals surface area contributed by atoms with Crippen LogP contribution >= 0.6 is 0 Å². The van der Waals surface area contributed by atoms with Crippen LogP contribution in [0.25, 0.3) is 71.4 Å². The summed E-state index contributed by atoms with van der Waals surface area (Å²) in [7, 11) is 0. The molecule has 0 aliphatic carbocycles. The van der Waals surface area contributed by atoms with Crippen molar-refractivity contribution in [3.63, 3.8) is 0 Å². The first-order valence-corrected chi connectivity index (χ1v) is 21.9. The highest BCUT2D eigenvalue weighted by Crippen LogP contribution is 2.52. The Balaban J connectivity index is 1.31. The van der Waals surface area contributed by atoms with Crippen LogP contribution in [0.3, 0.4) is 0 Å². The molecule has 0 radical (unpaired) electrons. The Bertz CT molecular complexity index is 3470. The second kappa shape index (κ2) is 12.1. The molecule has 298 valence electrons. The third-order valence-corrected chi connectivity index (χ3v) is 13.7. The lowest BCUT2D eigenvalue weighted by atomic mass is 9.47. The fourth-order valence-electron chi connectivity index (χ4n) is 10.6. The number of aromatic nitrogens is 2. The number of hydrogen-bond acceptors (Lipinski definition) is 2. The molecule has 4 nitrogen and oxygen atoms in total. The number of para-hydroxylation sites is 3. The standard InChI is InChI=1S/C56H50BN3O/c1-54(2,3)33-23-26-37(27-24-33)59-46-31-35(56(7,8)9)30-42-49-48-39-20-14-15-21-43(39)58(36-17-11-10-12-18-36)45(48)32-40-38-19-13-16-22-44(38)60(51(40)49)57(50(42)46)53-52(59)41-29-34(55(4,5)6)25-28-47(41)61-53/h10-32H,1-9H3. The minimum absolute atomic E-state index is 0.0286. The van der Waals surface area contributed by atoms with Crippen molar-refractivity contribution in [1.29, 1.82) is 0 Å². The second-order valence-corrected chi connectivity index (χ2v) is 20.6. The Morgan fingerprint density at radius 3 is 1.84 bits per heavy atom. The van der Waals surface area contributed by atoms with Crippen LogP contribution in [-0.4, -0.2) is 15.9 Å². The van der Waals surface area contributed by atoms with Crippen molar-refractivity contribution >= 4 is 89.6 Å². The van der Waals surface area contributed by atoms with Gasteiger partial charge in [0.1, 0.15) is 11.2 Å². The Labute approximate surface area is 358 Å². The van der Waals surface area contributed by atoms with E-state index in [1.807, 2.05) is 0 Å². The van der Waals surface area contributed by atoms with Gasteiger partial charge in [-0.1, -0.05) is 141 Å². The summed E-state index contributed by atoms with van der Waals surface area (Å²) in [6.45, 7) is 20.7. The maximum atomic E-state index is 7.35. The van der Waals surface area contributed by atoms with E-state index in [4.69, 9.17) is 4.42 Å². The Hall–Kier alpha value is -6.46. The van der Waals surface area contributed by atoms with Crippen LogP contribution in [0.5, 0.6) is 0 Å². The van der Waals surface area contributed by atoms with E-state index in [1.165, 1.54) is 82.6 Å². The molecule has 0 unspecified atom stereocenters. The van der Waals surface area contributed by atoms with Crippen LogP contribution in [0, 0.1) is 0 Å². The number of rotatable bonds is 2. The quantitative estimate of drug-likeness (QED) is 0.163. The van der Waals surface area contributed by atoms with Gasteiger partial charge in [-0.25, -0.2) is 0 Å². The summed E-state index contributed by atoms with van der Waals surface area (Å²) in [5.74, 6) is 0. The average Bonchev–Trinajstić information content (AvgIpc) is 3.89. The Morgan fingerprint density at radius 1 is 0.492 bits per heavy atom. The van der Waals surface area contributed by atoms with Crippen molar-refractivity contribution < 1.29 is 4.42 Å². The van der Waals surface area contributed by atoms with Crippen molar-refractivity contribution in [3.8, 4) is 16.8 Å². The second-order valence-electron chi connectivity index (χ2n) is 20.6. The van der Waals surface area contributed by atoms with Gasteiger partial charge >= 0.3 is 6.85 Å². The summed E-state index contributed by atoms with van der Waals surface area (Å²) in [4.78, 5) is 2.55. The van der Waals surface area contributed by atoms with Gasteiger partial charge in [0.25, 0.3) is 0 Å². The monoisotopic (exact) mass is 791 g/mol. The molecule has 0 saturated carbocycles. The van der Waals surface area contributed by atoms with Crippen molar-refractivity contribution in [2.45, 2.75) is 78.6 Å². The molecule has 61 heavy (non-hydrogen) atoms. The molecule has 5 heteroatoms. The number of benzene rings is 7. The van der Waals surface area contributed by atoms with Gasteiger partial charge in [-0.3, -0.25) is 0 Å². The first kappa shape index (κ1) is 36.4. The average molecular weight is 792 g/mol. The molecule has 3 aromatic heterocycles. The first-order chi connectivity index (χ1) is 29.2. The van der Waals surface area contributed by atoms with E-state index in [1.54, 1.807) is 0 Å². The molecule has 0 amide bonds. The zero-order valence-corrected chi connectivity index (χ0v) is 36.6. The van der Waals surface area contributed by atoms with Gasteiger partial charge in [-0.2, -0.15) is 0 Å². The fourth-order valence-corrected chi connectivity index (χ4v) is 10.6. The third kappa shape index (κ3) is 5.01. The van der Waals surface area contributed by atoms with Crippen LogP contribution in [0.4, 0.5) is 17.1 Å². The molecule has 0 fully saturated rings. The van der Waals surface area contributed by atoms with Gasteiger partial charge in [-0.05, 0) is 105 Å². The SMILES string of the molecule is CC(C)(C)c1ccc(N2c3cc(C(C)(C)C)cc4c3B(c3oc5ccc(C(C)(C)C)cc5c32)n2c3ccccc3c3cc5c(c-4c32)c2ccccc2n5-c2ccccc2)cc1. The largest absolute Gasteiger partial charge is 0.466 e. The molecule has 0 atom stereocenters. The number of nitrogens with zero attached hydrogens (tertiary/aromatic N) is 3. The van der Waals surface area contributed by atoms with Crippen molar-refractivity contribution in [2.75, 3.05) is 4.90 Å². The number of anilines is 3. The van der Waals surface area contributed by atoms with E-state index >= 15 is 0 Å². The van der Waals surface area contributed by atoms with Crippen molar-refractivity contribution in [3.05, 3.63) is 156 Å².